The molecule has 0 spiro atoms. The number of hydrogen-bond acceptors (Lipinski definition) is 2. The molecule has 1 aliphatic heterocycles. The van der Waals surface area contributed by atoms with Crippen LogP contribution in [-0.4, -0.2) is 23.5 Å². The highest BCUT2D eigenvalue weighted by Crippen LogP contribution is 2.47. The fourth-order valence-electron chi connectivity index (χ4n) is 2.67. The van der Waals surface area contributed by atoms with E-state index in [0.29, 0.717) is 12.0 Å². The van der Waals surface area contributed by atoms with Crippen molar-refractivity contribution in [2.45, 2.75) is 31.3 Å². The van der Waals surface area contributed by atoms with Gasteiger partial charge in [0.2, 0.25) is 0 Å². The van der Waals surface area contributed by atoms with Crippen LogP contribution < -0.4 is 0 Å². The second-order valence-electron chi connectivity index (χ2n) is 4.50. The number of likely N-dealkylation sites (N-methyl/N-ethyl adjacent to an activating group) is 1. The average Bonchev–Trinajstić information content (AvgIpc) is 2.29. The number of nitriles is 1. The number of benzene rings is 1. The molecule has 1 saturated heterocycles. The lowest BCUT2D eigenvalue weighted by Gasteiger charge is -2.56. The second kappa shape index (κ2) is 3.36. The molecule has 2 heteroatoms. The van der Waals surface area contributed by atoms with Crippen LogP contribution >= 0.6 is 0 Å². The largest absolute Gasteiger partial charge is 0.285 e. The third-order valence-electron chi connectivity index (χ3n) is 3.82. The Kier molecular flexibility index (Phi) is 2.28. The van der Waals surface area contributed by atoms with Gasteiger partial charge in [-0.15, -0.1) is 0 Å². The van der Waals surface area contributed by atoms with Crippen LogP contribution in [0, 0.1) is 11.3 Å². The Hall–Kier alpha value is -1.33. The molecular formula is C13H16N2. The van der Waals surface area contributed by atoms with Crippen LogP contribution in [0.3, 0.4) is 0 Å². The summed E-state index contributed by atoms with van der Waals surface area (Å²) in [4.78, 5) is 2.14. The van der Waals surface area contributed by atoms with E-state index in [0.717, 1.165) is 0 Å². The van der Waals surface area contributed by atoms with E-state index >= 15 is 0 Å². The zero-order valence-corrected chi connectivity index (χ0v) is 9.44. The first-order valence-electron chi connectivity index (χ1n) is 5.30. The van der Waals surface area contributed by atoms with Gasteiger partial charge in [-0.3, -0.25) is 4.90 Å². The van der Waals surface area contributed by atoms with Gasteiger partial charge in [0.15, 0.2) is 0 Å². The van der Waals surface area contributed by atoms with Crippen molar-refractivity contribution in [2.75, 3.05) is 7.05 Å². The lowest BCUT2D eigenvalue weighted by Crippen LogP contribution is -2.66. The second-order valence-corrected chi connectivity index (χ2v) is 4.50. The van der Waals surface area contributed by atoms with Crippen molar-refractivity contribution in [1.29, 1.82) is 5.26 Å². The van der Waals surface area contributed by atoms with Crippen LogP contribution in [0.4, 0.5) is 0 Å². The third-order valence-corrected chi connectivity index (χ3v) is 3.82. The predicted molar refractivity (Wildman–Crippen MR) is 60.4 cm³/mol. The summed E-state index contributed by atoms with van der Waals surface area (Å²) in [6.07, 6.45) is 0. The summed E-state index contributed by atoms with van der Waals surface area (Å²) in [5.41, 5.74) is 0.924. The van der Waals surface area contributed by atoms with Gasteiger partial charge in [-0.05, 0) is 26.5 Å². The SMILES string of the molecule is C[C@H]1[C@H](c2ccccc2)C(C)(C#N)N1C. The van der Waals surface area contributed by atoms with Crippen molar-refractivity contribution in [1.82, 2.24) is 4.90 Å². The highest BCUT2D eigenvalue weighted by Gasteiger charge is 2.54. The standard InChI is InChI=1S/C13H16N2/c1-10-12(11-7-5-4-6-8-11)13(2,9-14)15(10)3/h4-8,10,12H,1-3H3/t10-,12+,13?/m0/s1. The van der Waals surface area contributed by atoms with Crippen LogP contribution in [0.5, 0.6) is 0 Å². The zero-order valence-electron chi connectivity index (χ0n) is 9.44. The molecule has 1 aliphatic rings. The molecule has 2 rings (SSSR count). The molecule has 0 amide bonds. The molecule has 0 bridgehead atoms. The van der Waals surface area contributed by atoms with Crippen molar-refractivity contribution >= 4 is 0 Å². The van der Waals surface area contributed by atoms with Gasteiger partial charge in [-0.25, -0.2) is 0 Å². The maximum atomic E-state index is 9.27. The molecule has 15 heavy (non-hydrogen) atoms. The van der Waals surface area contributed by atoms with E-state index < -0.39 is 0 Å². The van der Waals surface area contributed by atoms with E-state index in [-0.39, 0.29) is 5.54 Å². The van der Waals surface area contributed by atoms with Gasteiger partial charge in [-0.2, -0.15) is 5.26 Å². The Balaban J connectivity index is 2.36. The third kappa shape index (κ3) is 1.27. The first-order chi connectivity index (χ1) is 7.11. The number of nitrogens with zero attached hydrogens (tertiary/aromatic N) is 2. The Labute approximate surface area is 91.1 Å². The molecular weight excluding hydrogens is 184 g/mol. The highest BCUT2D eigenvalue weighted by molar-refractivity contribution is 5.35. The molecule has 1 unspecified atom stereocenters. The van der Waals surface area contributed by atoms with Crippen molar-refractivity contribution in [2.24, 2.45) is 0 Å². The van der Waals surface area contributed by atoms with Gasteiger partial charge >= 0.3 is 0 Å². The van der Waals surface area contributed by atoms with E-state index in [4.69, 9.17) is 0 Å². The van der Waals surface area contributed by atoms with Gasteiger partial charge in [0.25, 0.3) is 0 Å². The van der Waals surface area contributed by atoms with Crippen LogP contribution in [0.2, 0.25) is 0 Å². The summed E-state index contributed by atoms with van der Waals surface area (Å²) in [7, 11) is 2.02. The zero-order chi connectivity index (χ0) is 11.1. The van der Waals surface area contributed by atoms with Crippen LogP contribution in [0.15, 0.2) is 30.3 Å². The fourth-order valence-corrected chi connectivity index (χ4v) is 2.67. The van der Waals surface area contributed by atoms with Crippen molar-refractivity contribution in [3.63, 3.8) is 0 Å². The molecule has 0 aromatic heterocycles. The molecule has 0 aliphatic carbocycles. The molecule has 1 heterocycles. The summed E-state index contributed by atoms with van der Waals surface area (Å²) in [5, 5.41) is 9.27. The smallest absolute Gasteiger partial charge is 0.114 e. The molecule has 1 fully saturated rings. The van der Waals surface area contributed by atoms with Gasteiger partial charge < -0.3 is 0 Å². The van der Waals surface area contributed by atoms with Crippen molar-refractivity contribution in [3.05, 3.63) is 35.9 Å². The predicted octanol–water partition coefficient (Wildman–Crippen LogP) is 2.39. The summed E-state index contributed by atoms with van der Waals surface area (Å²) in [5.74, 6) is 0.327. The Morgan fingerprint density at radius 3 is 2.47 bits per heavy atom. The summed E-state index contributed by atoms with van der Waals surface area (Å²) < 4.78 is 0. The van der Waals surface area contributed by atoms with Crippen LogP contribution in [-0.2, 0) is 0 Å². The quantitative estimate of drug-likeness (QED) is 0.696. The van der Waals surface area contributed by atoms with Gasteiger partial charge in [0.05, 0.1) is 6.07 Å². The lowest BCUT2D eigenvalue weighted by atomic mass is 9.67. The minimum Gasteiger partial charge on any atom is -0.285 e. The van der Waals surface area contributed by atoms with E-state index in [1.54, 1.807) is 0 Å². The molecule has 2 nitrogen and oxygen atoms in total. The van der Waals surface area contributed by atoms with Crippen molar-refractivity contribution in [3.8, 4) is 6.07 Å². The summed E-state index contributed by atoms with van der Waals surface area (Å²) in [6.45, 7) is 4.20. The minimum atomic E-state index is -0.346. The molecule has 0 radical (unpaired) electrons. The molecule has 0 N–H and O–H groups in total. The minimum absolute atomic E-state index is 0.327. The monoisotopic (exact) mass is 200 g/mol. The number of hydrogen-bond donors (Lipinski definition) is 0. The van der Waals surface area contributed by atoms with E-state index in [9.17, 15) is 5.26 Å². The Bertz CT molecular complexity index is 393. The van der Waals surface area contributed by atoms with E-state index in [1.807, 2.05) is 32.2 Å². The maximum Gasteiger partial charge on any atom is 0.114 e. The summed E-state index contributed by atoms with van der Waals surface area (Å²) in [6, 6.07) is 13.2. The Morgan fingerprint density at radius 2 is 1.93 bits per heavy atom. The van der Waals surface area contributed by atoms with Crippen molar-refractivity contribution < 1.29 is 0 Å². The molecule has 1 aromatic carbocycles. The summed E-state index contributed by atoms with van der Waals surface area (Å²) >= 11 is 0. The molecule has 1 aromatic rings. The van der Waals surface area contributed by atoms with Gasteiger partial charge in [-0.1, -0.05) is 30.3 Å². The average molecular weight is 200 g/mol. The highest BCUT2D eigenvalue weighted by atomic mass is 15.3. The molecule has 0 saturated carbocycles. The van der Waals surface area contributed by atoms with E-state index in [1.165, 1.54) is 5.56 Å². The van der Waals surface area contributed by atoms with E-state index in [2.05, 4.69) is 30.0 Å². The van der Waals surface area contributed by atoms with Gasteiger partial charge in [0, 0.05) is 12.0 Å². The van der Waals surface area contributed by atoms with Crippen LogP contribution in [0.25, 0.3) is 0 Å². The normalized spacial score (nSPS) is 35.6. The topological polar surface area (TPSA) is 27.0 Å². The first kappa shape index (κ1) is 10.2. The van der Waals surface area contributed by atoms with Gasteiger partial charge in [0.1, 0.15) is 5.54 Å². The van der Waals surface area contributed by atoms with Crippen LogP contribution in [0.1, 0.15) is 25.3 Å². The lowest BCUT2D eigenvalue weighted by molar-refractivity contribution is -0.0185. The molecule has 78 valence electrons. The fraction of sp³-hybridized carbons (Fsp3) is 0.462. The first-order valence-corrected chi connectivity index (χ1v) is 5.30. The molecule has 3 atom stereocenters. The maximum absolute atomic E-state index is 9.27. The number of likely N-dealkylation sites (tertiary alicyclic amines) is 1. The number of rotatable bonds is 1. The Morgan fingerprint density at radius 1 is 1.33 bits per heavy atom.